The molecule has 0 aliphatic carbocycles. The molecule has 0 aliphatic rings. The van der Waals surface area contributed by atoms with E-state index in [1.165, 1.54) is 18.3 Å². The van der Waals surface area contributed by atoms with Crippen LogP contribution in [-0.4, -0.2) is 10.8 Å². The predicted octanol–water partition coefficient (Wildman–Crippen LogP) is 3.65. The van der Waals surface area contributed by atoms with E-state index in [0.29, 0.717) is 11.5 Å². The maximum absolute atomic E-state index is 13.6. The van der Waals surface area contributed by atoms with Gasteiger partial charge in [0.2, 0.25) is 5.78 Å². The summed E-state index contributed by atoms with van der Waals surface area (Å²) in [6.45, 7) is 4.24. The Balaban J connectivity index is 2.32. The monoisotopic (exact) mass is 257 g/mol. The van der Waals surface area contributed by atoms with Gasteiger partial charge in [0.05, 0.1) is 0 Å². The Bertz CT molecular complexity index is 593. The number of carbonyl (C=O) groups is 1. The summed E-state index contributed by atoms with van der Waals surface area (Å²) in [4.78, 5) is 16.0. The van der Waals surface area contributed by atoms with Gasteiger partial charge in [0.25, 0.3) is 0 Å². The van der Waals surface area contributed by atoms with Gasteiger partial charge in [0.15, 0.2) is 5.82 Å². The van der Waals surface area contributed by atoms with E-state index in [1.807, 2.05) is 18.2 Å². The van der Waals surface area contributed by atoms with Gasteiger partial charge < -0.3 is 0 Å². The van der Waals surface area contributed by atoms with Crippen LogP contribution in [0.4, 0.5) is 4.39 Å². The van der Waals surface area contributed by atoms with Crippen molar-refractivity contribution in [2.75, 3.05) is 0 Å². The molecule has 1 aromatic heterocycles. The van der Waals surface area contributed by atoms with E-state index in [9.17, 15) is 9.18 Å². The first-order valence-electron chi connectivity index (χ1n) is 6.32. The van der Waals surface area contributed by atoms with Crippen molar-refractivity contribution in [2.45, 2.75) is 20.3 Å². The number of ketones is 1. The highest BCUT2D eigenvalue weighted by atomic mass is 19.1. The van der Waals surface area contributed by atoms with Gasteiger partial charge >= 0.3 is 0 Å². The lowest BCUT2D eigenvalue weighted by atomic mass is 9.99. The predicted molar refractivity (Wildman–Crippen MR) is 72.6 cm³/mol. The van der Waals surface area contributed by atoms with Gasteiger partial charge in [0, 0.05) is 11.8 Å². The maximum atomic E-state index is 13.6. The van der Waals surface area contributed by atoms with Crippen LogP contribution in [0.3, 0.4) is 0 Å². The summed E-state index contributed by atoms with van der Waals surface area (Å²) in [7, 11) is 0. The van der Waals surface area contributed by atoms with Crippen molar-refractivity contribution in [1.82, 2.24) is 4.98 Å². The maximum Gasteiger partial charge on any atom is 0.214 e. The number of hydrogen-bond acceptors (Lipinski definition) is 2. The summed E-state index contributed by atoms with van der Waals surface area (Å²) in [6.07, 6.45) is 2.32. The molecule has 1 aromatic carbocycles. The first-order valence-corrected chi connectivity index (χ1v) is 6.32. The molecule has 0 aliphatic heterocycles. The highest BCUT2D eigenvalue weighted by Gasteiger charge is 2.15. The summed E-state index contributed by atoms with van der Waals surface area (Å²) >= 11 is 0. The second-order valence-corrected chi connectivity index (χ2v) is 4.96. The summed E-state index contributed by atoms with van der Waals surface area (Å²) in [6, 6.07) is 10.0. The zero-order chi connectivity index (χ0) is 13.8. The molecule has 2 rings (SSSR count). The average molecular weight is 257 g/mol. The molecule has 0 unspecified atom stereocenters. The van der Waals surface area contributed by atoms with E-state index >= 15 is 0 Å². The molecule has 1 heterocycles. The molecular formula is C16H16FNO. The van der Waals surface area contributed by atoms with Crippen LogP contribution >= 0.6 is 0 Å². The SMILES string of the molecule is CC(C)Cc1cccc(C(=O)c2ncccc2F)c1. The third-order valence-electron chi connectivity index (χ3n) is 2.81. The highest BCUT2D eigenvalue weighted by molar-refractivity contribution is 6.07. The molecule has 2 nitrogen and oxygen atoms in total. The summed E-state index contributed by atoms with van der Waals surface area (Å²) < 4.78 is 13.6. The Morgan fingerprint density at radius 3 is 2.74 bits per heavy atom. The van der Waals surface area contributed by atoms with Crippen LogP contribution < -0.4 is 0 Å². The van der Waals surface area contributed by atoms with Crippen LogP contribution in [-0.2, 0) is 6.42 Å². The summed E-state index contributed by atoms with van der Waals surface area (Å²) in [5, 5.41) is 0. The molecule has 0 saturated heterocycles. The number of aromatic nitrogens is 1. The van der Waals surface area contributed by atoms with Gasteiger partial charge in [-0.2, -0.15) is 0 Å². The quantitative estimate of drug-likeness (QED) is 0.782. The summed E-state index contributed by atoms with van der Waals surface area (Å²) in [5.41, 5.74) is 1.44. The van der Waals surface area contributed by atoms with Gasteiger partial charge in [0.1, 0.15) is 5.69 Å². The largest absolute Gasteiger partial charge is 0.287 e. The number of hydrogen-bond donors (Lipinski definition) is 0. The first kappa shape index (κ1) is 13.4. The molecule has 98 valence electrons. The molecule has 0 atom stereocenters. The number of halogens is 1. The van der Waals surface area contributed by atoms with Crippen molar-refractivity contribution >= 4 is 5.78 Å². The molecule has 3 heteroatoms. The van der Waals surface area contributed by atoms with Gasteiger partial charge in [-0.1, -0.05) is 32.0 Å². The third-order valence-corrected chi connectivity index (χ3v) is 2.81. The van der Waals surface area contributed by atoms with Crippen LogP contribution in [0.15, 0.2) is 42.6 Å². The van der Waals surface area contributed by atoms with Crippen LogP contribution in [0.5, 0.6) is 0 Å². The van der Waals surface area contributed by atoms with Crippen LogP contribution in [0.25, 0.3) is 0 Å². The van der Waals surface area contributed by atoms with Crippen LogP contribution in [0.2, 0.25) is 0 Å². The number of carbonyl (C=O) groups excluding carboxylic acids is 1. The number of pyridine rings is 1. The van der Waals surface area contributed by atoms with Crippen molar-refractivity contribution in [2.24, 2.45) is 5.92 Å². The van der Waals surface area contributed by atoms with E-state index in [-0.39, 0.29) is 11.5 Å². The van der Waals surface area contributed by atoms with Gasteiger partial charge in [-0.25, -0.2) is 9.37 Å². The molecular weight excluding hydrogens is 241 g/mol. The molecule has 0 fully saturated rings. The fraction of sp³-hybridized carbons (Fsp3) is 0.250. The Hall–Kier alpha value is -2.03. The smallest absolute Gasteiger partial charge is 0.214 e. The number of rotatable bonds is 4. The van der Waals surface area contributed by atoms with Gasteiger partial charge in [-0.15, -0.1) is 0 Å². The molecule has 2 aromatic rings. The molecule has 0 spiro atoms. The van der Waals surface area contributed by atoms with Crippen molar-refractivity contribution < 1.29 is 9.18 Å². The van der Waals surface area contributed by atoms with Crippen LogP contribution in [0, 0.1) is 11.7 Å². The fourth-order valence-electron chi connectivity index (χ4n) is 2.00. The van der Waals surface area contributed by atoms with Crippen molar-refractivity contribution in [3.8, 4) is 0 Å². The molecule has 0 amide bonds. The zero-order valence-electron chi connectivity index (χ0n) is 11.1. The minimum absolute atomic E-state index is 0.121. The van der Waals surface area contributed by atoms with E-state index < -0.39 is 5.82 Å². The Morgan fingerprint density at radius 2 is 2.05 bits per heavy atom. The third kappa shape index (κ3) is 3.25. The van der Waals surface area contributed by atoms with Gasteiger partial charge in [-0.3, -0.25) is 4.79 Å². The lowest BCUT2D eigenvalue weighted by molar-refractivity contribution is 0.103. The lowest BCUT2D eigenvalue weighted by Crippen LogP contribution is -2.07. The second kappa shape index (κ2) is 5.74. The van der Waals surface area contributed by atoms with Gasteiger partial charge in [-0.05, 0) is 36.1 Å². The Kier molecular flexibility index (Phi) is 4.05. The lowest BCUT2D eigenvalue weighted by Gasteiger charge is -2.07. The number of benzene rings is 1. The van der Waals surface area contributed by atoms with Crippen LogP contribution in [0.1, 0.15) is 35.5 Å². The van der Waals surface area contributed by atoms with Crippen molar-refractivity contribution in [1.29, 1.82) is 0 Å². The first-order chi connectivity index (χ1) is 9.08. The summed E-state index contributed by atoms with van der Waals surface area (Å²) in [5.74, 6) is -0.442. The van der Waals surface area contributed by atoms with E-state index in [0.717, 1.165) is 12.0 Å². The van der Waals surface area contributed by atoms with Crippen molar-refractivity contribution in [3.63, 3.8) is 0 Å². The molecule has 0 radical (unpaired) electrons. The minimum Gasteiger partial charge on any atom is -0.287 e. The molecule has 0 saturated carbocycles. The van der Waals surface area contributed by atoms with E-state index in [1.54, 1.807) is 6.07 Å². The standard InChI is InChI=1S/C16H16FNO/c1-11(2)9-12-5-3-6-13(10-12)16(19)15-14(17)7-4-8-18-15/h3-8,10-11H,9H2,1-2H3. The Morgan fingerprint density at radius 1 is 1.26 bits per heavy atom. The fourth-order valence-corrected chi connectivity index (χ4v) is 2.00. The second-order valence-electron chi connectivity index (χ2n) is 4.96. The molecule has 0 N–H and O–H groups in total. The zero-order valence-corrected chi connectivity index (χ0v) is 11.1. The van der Waals surface area contributed by atoms with E-state index in [2.05, 4.69) is 18.8 Å². The minimum atomic E-state index is -0.582. The number of nitrogens with zero attached hydrogens (tertiary/aromatic N) is 1. The molecule has 19 heavy (non-hydrogen) atoms. The topological polar surface area (TPSA) is 30.0 Å². The van der Waals surface area contributed by atoms with E-state index in [4.69, 9.17) is 0 Å². The highest BCUT2D eigenvalue weighted by Crippen LogP contribution is 2.15. The normalized spacial score (nSPS) is 10.7. The average Bonchev–Trinajstić information content (AvgIpc) is 2.38. The molecule has 0 bridgehead atoms. The van der Waals surface area contributed by atoms with Crippen molar-refractivity contribution in [3.05, 3.63) is 65.2 Å². The Labute approximate surface area is 112 Å².